The first kappa shape index (κ1) is 23.3. The van der Waals surface area contributed by atoms with E-state index in [9.17, 15) is 9.59 Å². The Kier molecular flexibility index (Phi) is 6.22. The molecular weight excluding hydrogens is 478 g/mol. The highest BCUT2D eigenvalue weighted by Gasteiger charge is 2.26. The zero-order chi connectivity index (χ0) is 25.2. The Morgan fingerprint density at radius 3 is 2.72 bits per heavy atom. The van der Waals surface area contributed by atoms with Crippen molar-refractivity contribution < 1.29 is 18.7 Å². The number of thiazole rings is 1. The van der Waals surface area contributed by atoms with Crippen LogP contribution in [0.5, 0.6) is 11.5 Å². The van der Waals surface area contributed by atoms with Crippen molar-refractivity contribution in [1.82, 2.24) is 4.98 Å². The van der Waals surface area contributed by atoms with Crippen LogP contribution in [0.15, 0.2) is 81.2 Å². The highest BCUT2D eigenvalue weighted by molar-refractivity contribution is 7.22. The molecule has 0 radical (unpaired) electrons. The third-order valence-corrected chi connectivity index (χ3v) is 6.55. The molecule has 0 aliphatic rings. The lowest BCUT2D eigenvalue weighted by Crippen LogP contribution is -2.26. The minimum absolute atomic E-state index is 0.195. The van der Waals surface area contributed by atoms with Crippen LogP contribution in [0.2, 0.25) is 0 Å². The average molecular weight is 500 g/mol. The van der Waals surface area contributed by atoms with E-state index in [0.717, 1.165) is 20.8 Å². The van der Waals surface area contributed by atoms with E-state index in [2.05, 4.69) is 10.1 Å². The summed E-state index contributed by atoms with van der Waals surface area (Å²) in [4.78, 5) is 31.4. The van der Waals surface area contributed by atoms with Gasteiger partial charge in [0.05, 0.1) is 47.2 Å². The number of ether oxygens (including phenoxy) is 2. The van der Waals surface area contributed by atoms with Crippen molar-refractivity contribution in [2.45, 2.75) is 6.92 Å². The van der Waals surface area contributed by atoms with Crippen LogP contribution in [0.4, 0.5) is 5.13 Å². The third kappa shape index (κ3) is 4.20. The van der Waals surface area contributed by atoms with Gasteiger partial charge >= 0.3 is 0 Å². The molecule has 8 nitrogen and oxygen atoms in total. The van der Waals surface area contributed by atoms with E-state index >= 15 is 0 Å². The quantitative estimate of drug-likeness (QED) is 0.229. The van der Waals surface area contributed by atoms with Crippen molar-refractivity contribution in [2.24, 2.45) is 5.10 Å². The highest BCUT2D eigenvalue weighted by atomic mass is 32.1. The Morgan fingerprint density at radius 2 is 1.92 bits per heavy atom. The SMILES string of the molecule is COc1cccc(C(=O)N(/N=C/c2coc3ccccc3c2=O)c2nc3ccc(C)cc3s2)c1OC. The predicted octanol–water partition coefficient (Wildman–Crippen LogP) is 5.41. The minimum Gasteiger partial charge on any atom is -0.493 e. The predicted molar refractivity (Wildman–Crippen MR) is 141 cm³/mol. The van der Waals surface area contributed by atoms with Crippen LogP contribution >= 0.6 is 11.3 Å². The van der Waals surface area contributed by atoms with Gasteiger partial charge < -0.3 is 13.9 Å². The first-order valence-corrected chi connectivity index (χ1v) is 11.8. The number of rotatable bonds is 6. The number of hydrazone groups is 1. The van der Waals surface area contributed by atoms with E-state index < -0.39 is 5.91 Å². The molecule has 36 heavy (non-hydrogen) atoms. The highest BCUT2D eigenvalue weighted by Crippen LogP contribution is 2.35. The molecule has 0 aliphatic heterocycles. The van der Waals surface area contributed by atoms with Crippen molar-refractivity contribution in [3.8, 4) is 11.5 Å². The summed E-state index contributed by atoms with van der Waals surface area (Å²) >= 11 is 1.31. The summed E-state index contributed by atoms with van der Waals surface area (Å²) in [7, 11) is 2.96. The second-order valence-corrected chi connectivity index (χ2v) is 8.90. The summed E-state index contributed by atoms with van der Waals surface area (Å²) < 4.78 is 17.3. The molecule has 9 heteroatoms. The maximum Gasteiger partial charge on any atom is 0.284 e. The van der Waals surface area contributed by atoms with E-state index in [1.54, 1.807) is 42.5 Å². The molecule has 0 fully saturated rings. The smallest absolute Gasteiger partial charge is 0.284 e. The fourth-order valence-corrected chi connectivity index (χ4v) is 4.79. The molecule has 0 spiro atoms. The number of aromatic nitrogens is 1. The number of hydrogen-bond acceptors (Lipinski definition) is 8. The Labute approximate surface area is 210 Å². The summed E-state index contributed by atoms with van der Waals surface area (Å²) in [6.45, 7) is 1.99. The van der Waals surface area contributed by atoms with Gasteiger partial charge in [0.1, 0.15) is 11.8 Å². The number of carbonyl (C=O) groups excluding carboxylic acids is 1. The standard InChI is InChI=1S/C27H21N3O5S/c1-16-11-12-20-23(13-16)36-27(29-20)30(26(32)19-8-6-10-22(33-2)25(19)34-3)28-14-17-15-35-21-9-5-4-7-18(21)24(17)31/h4-15H,1-3H3/b28-14+. The molecule has 2 aromatic heterocycles. The van der Waals surface area contributed by atoms with Gasteiger partial charge in [0.2, 0.25) is 10.6 Å². The van der Waals surface area contributed by atoms with Gasteiger partial charge in [0, 0.05) is 0 Å². The van der Waals surface area contributed by atoms with Crippen molar-refractivity contribution in [2.75, 3.05) is 19.2 Å². The van der Waals surface area contributed by atoms with Gasteiger partial charge in [-0.2, -0.15) is 10.1 Å². The number of fused-ring (bicyclic) bond motifs is 2. The van der Waals surface area contributed by atoms with Crippen LogP contribution in [-0.2, 0) is 0 Å². The Bertz CT molecular complexity index is 1690. The minimum atomic E-state index is -0.497. The maximum absolute atomic E-state index is 13.8. The normalized spacial score (nSPS) is 11.3. The molecule has 180 valence electrons. The number of para-hydroxylation sites is 2. The second-order valence-electron chi connectivity index (χ2n) is 7.89. The number of benzene rings is 3. The molecule has 3 aromatic carbocycles. The van der Waals surface area contributed by atoms with E-state index in [4.69, 9.17) is 13.9 Å². The molecular formula is C27H21N3O5S. The molecule has 5 aromatic rings. The number of anilines is 1. The lowest BCUT2D eigenvalue weighted by molar-refractivity contribution is 0.0984. The van der Waals surface area contributed by atoms with Gasteiger partial charge in [-0.1, -0.05) is 35.6 Å². The van der Waals surface area contributed by atoms with E-state index in [0.29, 0.717) is 21.9 Å². The third-order valence-electron chi connectivity index (χ3n) is 5.56. The molecule has 5 rings (SSSR count). The zero-order valence-electron chi connectivity index (χ0n) is 19.7. The number of methoxy groups -OCH3 is 2. The first-order valence-electron chi connectivity index (χ1n) is 11.0. The van der Waals surface area contributed by atoms with Crippen molar-refractivity contribution >= 4 is 49.8 Å². The fourth-order valence-electron chi connectivity index (χ4n) is 3.77. The van der Waals surface area contributed by atoms with Crippen molar-refractivity contribution in [3.63, 3.8) is 0 Å². The van der Waals surface area contributed by atoms with Gasteiger partial charge in [-0.25, -0.2) is 4.98 Å². The van der Waals surface area contributed by atoms with Crippen molar-refractivity contribution in [1.29, 1.82) is 0 Å². The van der Waals surface area contributed by atoms with Gasteiger partial charge in [0.15, 0.2) is 11.5 Å². The molecule has 2 heterocycles. The summed E-state index contributed by atoms with van der Waals surface area (Å²) in [5.74, 6) is 0.178. The number of carbonyl (C=O) groups is 1. The topological polar surface area (TPSA) is 94.2 Å². The Morgan fingerprint density at radius 1 is 1.08 bits per heavy atom. The molecule has 0 saturated heterocycles. The van der Waals surface area contributed by atoms with Crippen molar-refractivity contribution in [3.05, 3.63) is 93.8 Å². The second kappa shape index (κ2) is 9.63. The number of nitrogens with zero attached hydrogens (tertiary/aromatic N) is 3. The van der Waals surface area contributed by atoms with Crippen LogP contribution in [0.1, 0.15) is 21.5 Å². The number of hydrogen-bond donors (Lipinski definition) is 0. The van der Waals surface area contributed by atoms with Gasteiger partial charge in [-0.3, -0.25) is 9.59 Å². The van der Waals surface area contributed by atoms with E-state index in [1.165, 1.54) is 38.0 Å². The number of amides is 1. The summed E-state index contributed by atoms with van der Waals surface area (Å²) in [5, 5.41) is 6.33. The molecule has 0 N–H and O–H groups in total. The monoisotopic (exact) mass is 499 g/mol. The maximum atomic E-state index is 13.8. The van der Waals surface area contributed by atoms with Crippen LogP contribution in [0, 0.1) is 6.92 Å². The van der Waals surface area contributed by atoms with Crippen LogP contribution < -0.4 is 19.9 Å². The molecule has 0 aliphatic carbocycles. The first-order chi connectivity index (χ1) is 17.5. The molecule has 0 saturated carbocycles. The summed E-state index contributed by atoms with van der Waals surface area (Å²) in [5.41, 5.74) is 2.44. The van der Waals surface area contributed by atoms with Crippen LogP contribution in [0.25, 0.3) is 21.2 Å². The van der Waals surface area contributed by atoms with E-state index in [1.807, 2.05) is 25.1 Å². The Balaban J connectivity index is 1.64. The number of aryl methyl sites for hydroxylation is 1. The zero-order valence-corrected chi connectivity index (χ0v) is 20.5. The van der Waals surface area contributed by atoms with Crippen LogP contribution in [0.3, 0.4) is 0 Å². The fraction of sp³-hybridized carbons (Fsp3) is 0.111. The van der Waals surface area contributed by atoms with Gasteiger partial charge in [0.25, 0.3) is 5.91 Å². The van der Waals surface area contributed by atoms with Crippen LogP contribution in [-0.4, -0.2) is 31.3 Å². The summed E-state index contributed by atoms with van der Waals surface area (Å²) in [6.07, 6.45) is 2.63. The van der Waals surface area contributed by atoms with Gasteiger partial charge in [-0.05, 0) is 48.9 Å². The van der Waals surface area contributed by atoms with Gasteiger partial charge in [-0.15, -0.1) is 0 Å². The molecule has 0 unspecified atom stereocenters. The average Bonchev–Trinajstić information content (AvgIpc) is 3.32. The Hall–Kier alpha value is -4.50. The molecule has 0 atom stereocenters. The molecule has 0 bridgehead atoms. The van der Waals surface area contributed by atoms with E-state index in [-0.39, 0.29) is 22.3 Å². The molecule has 1 amide bonds. The largest absolute Gasteiger partial charge is 0.493 e. The lowest BCUT2D eigenvalue weighted by atomic mass is 10.1. The lowest BCUT2D eigenvalue weighted by Gasteiger charge is -2.17. The summed E-state index contributed by atoms with van der Waals surface area (Å²) in [6, 6.07) is 17.8.